The molecule has 0 bridgehead atoms. The van der Waals surface area contributed by atoms with Gasteiger partial charge in [-0.15, -0.1) is 0 Å². The molecule has 156 valence electrons. The highest BCUT2D eigenvalue weighted by atomic mass is 16.5. The number of nitrogens with zero attached hydrogens (tertiary/aromatic N) is 3. The summed E-state index contributed by atoms with van der Waals surface area (Å²) in [5.41, 5.74) is 4.09. The minimum Gasteiger partial charge on any atom is -0.489 e. The number of hydrogen-bond donors (Lipinski definition) is 1. The van der Waals surface area contributed by atoms with Crippen LogP contribution in [0, 0.1) is 0 Å². The van der Waals surface area contributed by atoms with Gasteiger partial charge in [0, 0.05) is 35.4 Å². The molecule has 32 heavy (non-hydrogen) atoms. The molecule has 0 unspecified atom stereocenters. The third-order valence-corrected chi connectivity index (χ3v) is 5.04. The average molecular weight is 420 g/mol. The van der Waals surface area contributed by atoms with E-state index in [9.17, 15) is 4.79 Å². The van der Waals surface area contributed by atoms with E-state index in [1.165, 1.54) is 0 Å². The molecule has 0 aliphatic carbocycles. The summed E-state index contributed by atoms with van der Waals surface area (Å²) in [4.78, 5) is 21.4. The number of fused-ring (bicyclic) bond motifs is 1. The molecule has 5 aromatic rings. The maximum absolute atomic E-state index is 12.6. The number of ether oxygens (including phenoxy) is 1. The Bertz CT molecular complexity index is 1310. The Kier molecular flexibility index (Phi) is 5.32. The van der Waals surface area contributed by atoms with Gasteiger partial charge in [-0.3, -0.25) is 9.20 Å². The molecule has 0 saturated heterocycles. The van der Waals surface area contributed by atoms with Crippen molar-refractivity contribution in [2.45, 2.75) is 6.61 Å². The van der Waals surface area contributed by atoms with Gasteiger partial charge in [0.15, 0.2) is 0 Å². The standard InChI is InChI=1S/C26H20N4O2/c31-25(21-9-7-19(8-10-21)18-32-23-5-2-1-3-6-23)28-22-13-11-20(12-14-22)24-17-30-16-4-15-27-26(30)29-24/h1-17H,18H2,(H,28,31). The number of hydrogen-bond acceptors (Lipinski definition) is 4. The molecule has 0 fully saturated rings. The lowest BCUT2D eigenvalue weighted by molar-refractivity contribution is 0.102. The van der Waals surface area contributed by atoms with Crippen molar-refractivity contribution in [1.82, 2.24) is 14.4 Å². The van der Waals surface area contributed by atoms with Gasteiger partial charge in [0.1, 0.15) is 12.4 Å². The van der Waals surface area contributed by atoms with Crippen LogP contribution in [0.25, 0.3) is 17.0 Å². The van der Waals surface area contributed by atoms with Crippen LogP contribution in [0.5, 0.6) is 5.75 Å². The van der Waals surface area contributed by atoms with Gasteiger partial charge < -0.3 is 10.1 Å². The van der Waals surface area contributed by atoms with E-state index in [0.29, 0.717) is 17.9 Å². The summed E-state index contributed by atoms with van der Waals surface area (Å²) in [7, 11) is 0. The summed E-state index contributed by atoms with van der Waals surface area (Å²) < 4.78 is 7.62. The van der Waals surface area contributed by atoms with Gasteiger partial charge in [0.05, 0.1) is 5.69 Å². The molecule has 3 aromatic carbocycles. The van der Waals surface area contributed by atoms with Crippen LogP contribution in [0.2, 0.25) is 0 Å². The summed E-state index contributed by atoms with van der Waals surface area (Å²) in [6.07, 6.45) is 5.55. The maximum Gasteiger partial charge on any atom is 0.255 e. The second kappa shape index (κ2) is 8.73. The smallest absolute Gasteiger partial charge is 0.255 e. The van der Waals surface area contributed by atoms with Crippen LogP contribution in [0.3, 0.4) is 0 Å². The van der Waals surface area contributed by atoms with Crippen LogP contribution >= 0.6 is 0 Å². The topological polar surface area (TPSA) is 68.5 Å². The molecule has 0 aliphatic heterocycles. The molecule has 1 amide bonds. The molecule has 1 N–H and O–H groups in total. The molecule has 0 spiro atoms. The van der Waals surface area contributed by atoms with Crippen molar-refractivity contribution in [2.75, 3.05) is 5.32 Å². The van der Waals surface area contributed by atoms with Crippen LogP contribution in [-0.2, 0) is 6.61 Å². The van der Waals surface area contributed by atoms with Crippen molar-refractivity contribution >= 4 is 17.4 Å². The van der Waals surface area contributed by atoms with Crippen molar-refractivity contribution in [3.63, 3.8) is 0 Å². The first-order valence-corrected chi connectivity index (χ1v) is 10.2. The second-order valence-corrected chi connectivity index (χ2v) is 7.28. The lowest BCUT2D eigenvalue weighted by Gasteiger charge is -2.08. The zero-order valence-corrected chi connectivity index (χ0v) is 17.2. The highest BCUT2D eigenvalue weighted by Crippen LogP contribution is 2.21. The van der Waals surface area contributed by atoms with Crippen LogP contribution in [0.4, 0.5) is 5.69 Å². The monoisotopic (exact) mass is 420 g/mol. The fraction of sp³-hybridized carbons (Fsp3) is 0.0385. The summed E-state index contributed by atoms with van der Waals surface area (Å²) in [5.74, 6) is 1.31. The Morgan fingerprint density at radius 2 is 1.69 bits per heavy atom. The molecule has 6 heteroatoms. The molecular weight excluding hydrogens is 400 g/mol. The number of carbonyl (C=O) groups is 1. The third-order valence-electron chi connectivity index (χ3n) is 5.04. The van der Waals surface area contributed by atoms with Gasteiger partial charge in [-0.05, 0) is 48.0 Å². The van der Waals surface area contributed by atoms with E-state index in [0.717, 1.165) is 28.3 Å². The number of anilines is 1. The van der Waals surface area contributed by atoms with Gasteiger partial charge in [-0.1, -0.05) is 42.5 Å². The van der Waals surface area contributed by atoms with Crippen LogP contribution < -0.4 is 10.1 Å². The Hall–Kier alpha value is -4.45. The van der Waals surface area contributed by atoms with Gasteiger partial charge in [-0.2, -0.15) is 0 Å². The molecule has 0 aliphatic rings. The molecule has 2 aromatic heterocycles. The van der Waals surface area contributed by atoms with Gasteiger partial charge in [0.25, 0.3) is 5.91 Å². The van der Waals surface area contributed by atoms with E-state index in [1.54, 1.807) is 18.3 Å². The largest absolute Gasteiger partial charge is 0.489 e. The van der Waals surface area contributed by atoms with Crippen molar-refractivity contribution in [3.8, 4) is 17.0 Å². The fourth-order valence-corrected chi connectivity index (χ4v) is 3.33. The number of aromatic nitrogens is 3. The van der Waals surface area contributed by atoms with Crippen molar-refractivity contribution in [2.24, 2.45) is 0 Å². The Morgan fingerprint density at radius 3 is 2.44 bits per heavy atom. The summed E-state index contributed by atoms with van der Waals surface area (Å²) in [6, 6.07) is 26.5. The highest BCUT2D eigenvalue weighted by molar-refractivity contribution is 6.04. The number of imidazole rings is 1. The number of rotatable bonds is 6. The molecule has 2 heterocycles. The van der Waals surface area contributed by atoms with Gasteiger partial charge in [-0.25, -0.2) is 9.97 Å². The Morgan fingerprint density at radius 1 is 0.906 bits per heavy atom. The van der Waals surface area contributed by atoms with Crippen LogP contribution in [0.15, 0.2) is 104 Å². The predicted octanol–water partition coefficient (Wildman–Crippen LogP) is 5.23. The van der Waals surface area contributed by atoms with E-state index in [1.807, 2.05) is 89.6 Å². The SMILES string of the molecule is O=C(Nc1ccc(-c2cn3cccnc3n2)cc1)c1ccc(COc2ccccc2)cc1. The van der Waals surface area contributed by atoms with E-state index in [-0.39, 0.29) is 5.91 Å². The molecule has 6 nitrogen and oxygen atoms in total. The van der Waals surface area contributed by atoms with E-state index >= 15 is 0 Å². The fourth-order valence-electron chi connectivity index (χ4n) is 3.33. The molecule has 0 atom stereocenters. The summed E-state index contributed by atoms with van der Waals surface area (Å²) in [6.45, 7) is 0.450. The zero-order valence-electron chi connectivity index (χ0n) is 17.2. The van der Waals surface area contributed by atoms with Crippen molar-refractivity contribution in [3.05, 3.63) is 115 Å². The molecule has 0 saturated carbocycles. The lowest BCUT2D eigenvalue weighted by Crippen LogP contribution is -2.11. The first-order chi connectivity index (χ1) is 15.7. The second-order valence-electron chi connectivity index (χ2n) is 7.28. The number of benzene rings is 3. The lowest BCUT2D eigenvalue weighted by atomic mass is 10.1. The van der Waals surface area contributed by atoms with Crippen LogP contribution in [0.1, 0.15) is 15.9 Å². The summed E-state index contributed by atoms with van der Waals surface area (Å²) >= 11 is 0. The zero-order chi connectivity index (χ0) is 21.8. The Balaban J connectivity index is 1.21. The number of amides is 1. The predicted molar refractivity (Wildman–Crippen MR) is 124 cm³/mol. The summed E-state index contributed by atoms with van der Waals surface area (Å²) in [5, 5.41) is 2.93. The molecular formula is C26H20N4O2. The molecule has 5 rings (SSSR count). The number of para-hydroxylation sites is 1. The van der Waals surface area contributed by atoms with Gasteiger partial charge >= 0.3 is 0 Å². The van der Waals surface area contributed by atoms with Gasteiger partial charge in [0.2, 0.25) is 5.78 Å². The third kappa shape index (κ3) is 4.34. The van der Waals surface area contributed by atoms with Crippen molar-refractivity contribution in [1.29, 1.82) is 0 Å². The first-order valence-electron chi connectivity index (χ1n) is 10.2. The average Bonchev–Trinajstić information content (AvgIpc) is 3.28. The molecule has 0 radical (unpaired) electrons. The number of carbonyl (C=O) groups excluding carboxylic acids is 1. The normalized spacial score (nSPS) is 10.8. The maximum atomic E-state index is 12.6. The number of nitrogens with one attached hydrogen (secondary N) is 1. The highest BCUT2D eigenvalue weighted by Gasteiger charge is 2.08. The quantitative estimate of drug-likeness (QED) is 0.409. The van der Waals surface area contributed by atoms with Crippen molar-refractivity contribution < 1.29 is 9.53 Å². The van der Waals surface area contributed by atoms with Crippen LogP contribution in [-0.4, -0.2) is 20.3 Å². The Labute approximate surface area is 185 Å². The van der Waals surface area contributed by atoms with E-state index in [2.05, 4.69) is 15.3 Å². The van der Waals surface area contributed by atoms with E-state index < -0.39 is 0 Å². The minimum atomic E-state index is -0.162. The first kappa shape index (κ1) is 19.5. The van der Waals surface area contributed by atoms with E-state index in [4.69, 9.17) is 4.74 Å². The minimum absolute atomic E-state index is 0.162.